The van der Waals surface area contributed by atoms with Crippen molar-refractivity contribution in [3.05, 3.63) is 23.9 Å². The fourth-order valence-corrected chi connectivity index (χ4v) is 2.53. The van der Waals surface area contributed by atoms with Gasteiger partial charge in [0.05, 0.1) is 5.69 Å². The third-order valence-corrected chi connectivity index (χ3v) is 3.53. The molecule has 92 valence electrons. The Bertz CT molecular complexity index is 428. The summed E-state index contributed by atoms with van der Waals surface area (Å²) in [5, 5.41) is 3.47. The Hall–Kier alpha value is -1.16. The molecule has 0 amide bonds. The molecule has 1 aliphatic rings. The van der Waals surface area contributed by atoms with Gasteiger partial charge in [0.2, 0.25) is 0 Å². The number of nitrogens with one attached hydrogen (secondary N) is 1. The lowest BCUT2D eigenvalue weighted by Gasteiger charge is -2.18. The molecule has 4 heteroatoms. The molecule has 0 spiro atoms. The van der Waals surface area contributed by atoms with Crippen molar-refractivity contribution in [3.8, 4) is 0 Å². The SMILES string of the molecule is CC1(C)CCC(Nc2cccc(C(N)=S)n2)C1. The van der Waals surface area contributed by atoms with Crippen LogP contribution in [0.2, 0.25) is 0 Å². The van der Waals surface area contributed by atoms with Crippen LogP contribution in [-0.2, 0) is 0 Å². The predicted molar refractivity (Wildman–Crippen MR) is 75.2 cm³/mol. The molecule has 3 nitrogen and oxygen atoms in total. The number of thiocarbonyl (C=S) groups is 1. The zero-order chi connectivity index (χ0) is 12.5. The van der Waals surface area contributed by atoms with Crippen LogP contribution in [0, 0.1) is 5.41 Å². The van der Waals surface area contributed by atoms with E-state index in [0.29, 0.717) is 22.1 Å². The first-order valence-corrected chi connectivity index (χ1v) is 6.40. The summed E-state index contributed by atoms with van der Waals surface area (Å²) in [5.41, 5.74) is 6.70. The van der Waals surface area contributed by atoms with Gasteiger partial charge in [0.1, 0.15) is 10.8 Å². The van der Waals surface area contributed by atoms with Gasteiger partial charge in [0.25, 0.3) is 0 Å². The summed E-state index contributed by atoms with van der Waals surface area (Å²) in [5.74, 6) is 0.873. The van der Waals surface area contributed by atoms with Gasteiger partial charge in [-0.15, -0.1) is 0 Å². The quantitative estimate of drug-likeness (QED) is 0.809. The zero-order valence-electron chi connectivity index (χ0n) is 10.4. The normalized spacial score (nSPS) is 22.4. The molecule has 0 aromatic carbocycles. The number of aromatic nitrogens is 1. The summed E-state index contributed by atoms with van der Waals surface area (Å²) in [6.45, 7) is 4.63. The van der Waals surface area contributed by atoms with Gasteiger partial charge in [-0.2, -0.15) is 0 Å². The fraction of sp³-hybridized carbons (Fsp3) is 0.538. The lowest BCUT2D eigenvalue weighted by atomic mass is 9.92. The van der Waals surface area contributed by atoms with Crippen LogP contribution >= 0.6 is 12.2 Å². The first-order valence-electron chi connectivity index (χ1n) is 6.00. The van der Waals surface area contributed by atoms with Crippen LogP contribution in [0.5, 0.6) is 0 Å². The molecule has 0 bridgehead atoms. The van der Waals surface area contributed by atoms with Gasteiger partial charge in [-0.3, -0.25) is 0 Å². The van der Waals surface area contributed by atoms with Gasteiger partial charge in [-0.25, -0.2) is 4.98 Å². The molecule has 1 unspecified atom stereocenters. The molecule has 1 aromatic heterocycles. The van der Waals surface area contributed by atoms with Crippen LogP contribution in [0.15, 0.2) is 18.2 Å². The van der Waals surface area contributed by atoms with Crippen LogP contribution in [0.3, 0.4) is 0 Å². The minimum Gasteiger partial charge on any atom is -0.388 e. The number of rotatable bonds is 3. The van der Waals surface area contributed by atoms with Gasteiger partial charge in [-0.1, -0.05) is 32.1 Å². The van der Waals surface area contributed by atoms with Crippen molar-refractivity contribution < 1.29 is 0 Å². The smallest absolute Gasteiger partial charge is 0.126 e. The second-order valence-electron chi connectivity index (χ2n) is 5.52. The largest absolute Gasteiger partial charge is 0.388 e. The van der Waals surface area contributed by atoms with E-state index in [4.69, 9.17) is 18.0 Å². The van der Waals surface area contributed by atoms with E-state index in [2.05, 4.69) is 24.1 Å². The molecule has 3 N–H and O–H groups in total. The highest BCUT2D eigenvalue weighted by Gasteiger charge is 2.30. The van der Waals surface area contributed by atoms with Crippen molar-refractivity contribution in [2.45, 2.75) is 39.2 Å². The number of pyridine rings is 1. The Kier molecular flexibility index (Phi) is 3.33. The molecule has 0 saturated heterocycles. The maximum absolute atomic E-state index is 5.58. The monoisotopic (exact) mass is 249 g/mol. The summed E-state index contributed by atoms with van der Waals surface area (Å²) in [4.78, 5) is 4.75. The lowest BCUT2D eigenvalue weighted by Crippen LogP contribution is -2.19. The van der Waals surface area contributed by atoms with E-state index in [9.17, 15) is 0 Å². The highest BCUT2D eigenvalue weighted by atomic mass is 32.1. The highest BCUT2D eigenvalue weighted by Crippen LogP contribution is 2.38. The van der Waals surface area contributed by atoms with Crippen LogP contribution in [-0.4, -0.2) is 16.0 Å². The second kappa shape index (κ2) is 4.61. The third kappa shape index (κ3) is 3.16. The molecular formula is C13H19N3S. The van der Waals surface area contributed by atoms with Gasteiger partial charge in [-0.05, 0) is 36.8 Å². The summed E-state index contributed by atoms with van der Waals surface area (Å²) < 4.78 is 0. The van der Waals surface area contributed by atoms with E-state index in [-0.39, 0.29) is 0 Å². The van der Waals surface area contributed by atoms with E-state index in [0.717, 1.165) is 5.82 Å². The van der Waals surface area contributed by atoms with Gasteiger partial charge in [0.15, 0.2) is 0 Å². The minimum atomic E-state index is 0.348. The third-order valence-electron chi connectivity index (χ3n) is 3.32. The van der Waals surface area contributed by atoms with E-state index < -0.39 is 0 Å². The van der Waals surface area contributed by atoms with Crippen molar-refractivity contribution in [2.75, 3.05) is 5.32 Å². The van der Waals surface area contributed by atoms with Gasteiger partial charge in [0, 0.05) is 6.04 Å². The number of anilines is 1. The molecule has 1 aromatic rings. The van der Waals surface area contributed by atoms with Crippen molar-refractivity contribution in [1.82, 2.24) is 4.98 Å². The van der Waals surface area contributed by atoms with E-state index in [1.54, 1.807) is 0 Å². The average Bonchev–Trinajstić information content (AvgIpc) is 2.58. The molecule has 1 heterocycles. The maximum Gasteiger partial charge on any atom is 0.126 e. The summed E-state index contributed by atoms with van der Waals surface area (Å²) in [6.07, 6.45) is 3.65. The van der Waals surface area contributed by atoms with Crippen molar-refractivity contribution in [3.63, 3.8) is 0 Å². The molecule has 1 atom stereocenters. The molecule has 1 fully saturated rings. The summed E-state index contributed by atoms with van der Waals surface area (Å²) >= 11 is 4.93. The van der Waals surface area contributed by atoms with Crippen LogP contribution in [0.4, 0.5) is 5.82 Å². The van der Waals surface area contributed by atoms with E-state index in [1.165, 1.54) is 19.3 Å². The van der Waals surface area contributed by atoms with E-state index >= 15 is 0 Å². The van der Waals surface area contributed by atoms with Crippen LogP contribution < -0.4 is 11.1 Å². The Morgan fingerprint density at radius 1 is 1.53 bits per heavy atom. The number of nitrogens with two attached hydrogens (primary N) is 1. The maximum atomic E-state index is 5.58. The Morgan fingerprint density at radius 2 is 2.29 bits per heavy atom. The second-order valence-corrected chi connectivity index (χ2v) is 5.96. The first-order chi connectivity index (χ1) is 7.96. The zero-order valence-corrected chi connectivity index (χ0v) is 11.2. The first kappa shape index (κ1) is 12.3. The molecule has 0 radical (unpaired) electrons. The average molecular weight is 249 g/mol. The molecule has 2 rings (SSSR count). The molecule has 17 heavy (non-hydrogen) atoms. The van der Waals surface area contributed by atoms with Crippen molar-refractivity contribution in [1.29, 1.82) is 0 Å². The van der Waals surface area contributed by atoms with Gasteiger partial charge < -0.3 is 11.1 Å². The van der Waals surface area contributed by atoms with Crippen LogP contribution in [0.25, 0.3) is 0 Å². The molecule has 1 saturated carbocycles. The predicted octanol–water partition coefficient (Wildman–Crippen LogP) is 2.71. The highest BCUT2D eigenvalue weighted by molar-refractivity contribution is 7.80. The van der Waals surface area contributed by atoms with Crippen molar-refractivity contribution in [2.24, 2.45) is 11.1 Å². The minimum absolute atomic E-state index is 0.348. The summed E-state index contributed by atoms with van der Waals surface area (Å²) in [7, 11) is 0. The molecule has 0 aliphatic heterocycles. The Balaban J connectivity index is 2.04. The number of hydrogen-bond acceptors (Lipinski definition) is 3. The Labute approximate surface area is 108 Å². The number of hydrogen-bond donors (Lipinski definition) is 2. The number of nitrogens with zero attached hydrogens (tertiary/aromatic N) is 1. The molecular weight excluding hydrogens is 230 g/mol. The van der Waals surface area contributed by atoms with Gasteiger partial charge >= 0.3 is 0 Å². The van der Waals surface area contributed by atoms with Crippen LogP contribution in [0.1, 0.15) is 38.8 Å². The van der Waals surface area contributed by atoms with Crippen molar-refractivity contribution >= 4 is 23.0 Å². The lowest BCUT2D eigenvalue weighted by molar-refractivity contribution is 0.378. The fourth-order valence-electron chi connectivity index (χ4n) is 2.42. The molecule has 1 aliphatic carbocycles. The van der Waals surface area contributed by atoms with E-state index in [1.807, 2.05) is 18.2 Å². The summed E-state index contributed by atoms with van der Waals surface area (Å²) in [6, 6.07) is 6.25. The topological polar surface area (TPSA) is 50.9 Å². The Morgan fingerprint density at radius 3 is 2.88 bits per heavy atom. The standard InChI is InChI=1S/C13H19N3S/c1-13(2)7-6-9(8-13)15-11-5-3-4-10(16-11)12(14)17/h3-5,9H,6-8H2,1-2H3,(H2,14,17)(H,15,16).